The lowest BCUT2D eigenvalue weighted by atomic mass is 9.88. The highest BCUT2D eigenvalue weighted by Gasteiger charge is 2.42. The lowest BCUT2D eigenvalue weighted by Gasteiger charge is -2.42. The number of nitrogens with zero attached hydrogens (tertiary/aromatic N) is 3. The molecule has 2 heterocycles. The summed E-state index contributed by atoms with van der Waals surface area (Å²) in [6, 6.07) is 14.3. The van der Waals surface area contributed by atoms with Gasteiger partial charge in [0.2, 0.25) is 0 Å². The molecule has 4 rings (SSSR count). The van der Waals surface area contributed by atoms with Gasteiger partial charge in [-0.3, -0.25) is 4.79 Å². The Morgan fingerprint density at radius 3 is 2.40 bits per heavy atom. The molecule has 1 N–H and O–H groups in total. The zero-order valence-electron chi connectivity index (χ0n) is 16.3. The first-order valence-corrected chi connectivity index (χ1v) is 10.9. The molecule has 156 valence electrons. The van der Waals surface area contributed by atoms with Crippen molar-refractivity contribution in [2.75, 3.05) is 13.1 Å². The summed E-state index contributed by atoms with van der Waals surface area (Å²) in [7, 11) is -1.96. The molecule has 1 fully saturated rings. The largest absolute Gasteiger partial charge is 0.345 e. The van der Waals surface area contributed by atoms with Gasteiger partial charge >= 0.3 is 0 Å². The fourth-order valence-corrected chi connectivity index (χ4v) is 5.01. The molecule has 1 unspecified atom stereocenters. The van der Waals surface area contributed by atoms with Gasteiger partial charge in [0, 0.05) is 37.8 Å². The van der Waals surface area contributed by atoms with Crippen LogP contribution in [-0.4, -0.2) is 41.3 Å². The number of imidazole rings is 1. The van der Waals surface area contributed by atoms with E-state index in [-0.39, 0.29) is 36.0 Å². The number of rotatable bonds is 6. The Balaban J connectivity index is 1.52. The Bertz CT molecular complexity index is 1140. The van der Waals surface area contributed by atoms with Gasteiger partial charge in [-0.15, -0.1) is 0 Å². The second-order valence-electron chi connectivity index (χ2n) is 7.33. The number of nitrogens with one attached hydrogen (secondary N) is 1. The molecular formula is C21H21FN4O3S. The summed E-state index contributed by atoms with van der Waals surface area (Å²) in [6.07, 6.45) is 2.91. The predicted molar refractivity (Wildman–Crippen MR) is 109 cm³/mol. The Hall–Kier alpha value is -3.04. The van der Waals surface area contributed by atoms with Gasteiger partial charge in [-0.1, -0.05) is 30.3 Å². The highest BCUT2D eigenvalue weighted by Crippen LogP contribution is 2.33. The number of hydrogen-bond acceptors (Lipinski definition) is 4. The molecule has 30 heavy (non-hydrogen) atoms. The summed E-state index contributed by atoms with van der Waals surface area (Å²) in [5, 5.41) is 2.99. The molecule has 1 amide bonds. The molecule has 0 spiro atoms. The first kappa shape index (κ1) is 20.2. The van der Waals surface area contributed by atoms with Crippen molar-refractivity contribution >= 4 is 15.9 Å². The quantitative estimate of drug-likeness (QED) is 0.653. The topological polar surface area (TPSA) is 84.3 Å². The van der Waals surface area contributed by atoms with Crippen LogP contribution in [-0.2, 0) is 17.1 Å². The lowest BCUT2D eigenvalue weighted by molar-refractivity contribution is 0.0871. The van der Waals surface area contributed by atoms with Gasteiger partial charge in [0.05, 0.1) is 12.4 Å². The number of benzene rings is 2. The van der Waals surface area contributed by atoms with E-state index < -0.39 is 15.8 Å². The molecule has 7 nitrogen and oxygen atoms in total. The van der Waals surface area contributed by atoms with Crippen LogP contribution < -0.4 is 5.32 Å². The smallest absolute Gasteiger partial charge is 0.262 e. The van der Waals surface area contributed by atoms with Crippen molar-refractivity contribution in [1.82, 2.24) is 19.2 Å². The van der Waals surface area contributed by atoms with Crippen LogP contribution in [0.2, 0.25) is 0 Å². The number of aryl methyl sites for hydroxylation is 1. The molecule has 1 saturated heterocycles. The summed E-state index contributed by atoms with van der Waals surface area (Å²) in [6.45, 7) is 0.532. The van der Waals surface area contributed by atoms with Crippen LogP contribution in [0.1, 0.15) is 22.0 Å². The van der Waals surface area contributed by atoms with Crippen molar-refractivity contribution in [3.8, 4) is 0 Å². The van der Waals surface area contributed by atoms with E-state index in [0.29, 0.717) is 5.56 Å². The number of sulfonamides is 1. The lowest BCUT2D eigenvalue weighted by Crippen LogP contribution is -2.54. The third-order valence-corrected chi connectivity index (χ3v) is 6.90. The van der Waals surface area contributed by atoms with E-state index >= 15 is 0 Å². The highest BCUT2D eigenvalue weighted by atomic mass is 32.2. The first-order valence-electron chi connectivity index (χ1n) is 9.44. The molecule has 9 heteroatoms. The molecular weight excluding hydrogens is 407 g/mol. The summed E-state index contributed by atoms with van der Waals surface area (Å²) in [5.41, 5.74) is 1.22. The highest BCUT2D eigenvalue weighted by molar-refractivity contribution is 7.89. The first-order chi connectivity index (χ1) is 14.3. The Morgan fingerprint density at radius 2 is 1.80 bits per heavy atom. The average Bonchev–Trinajstić information content (AvgIpc) is 3.14. The van der Waals surface area contributed by atoms with Gasteiger partial charge in [-0.05, 0) is 29.8 Å². The molecule has 0 bridgehead atoms. The molecule has 0 aliphatic carbocycles. The van der Waals surface area contributed by atoms with E-state index in [2.05, 4.69) is 10.3 Å². The van der Waals surface area contributed by atoms with Crippen molar-refractivity contribution < 1.29 is 17.6 Å². The second kappa shape index (κ2) is 8.00. The van der Waals surface area contributed by atoms with Crippen molar-refractivity contribution in [2.45, 2.75) is 11.1 Å². The number of aromatic nitrogens is 2. The SMILES string of the molecule is Cn1cnc(S(=O)(=O)N2CC(C(NC(=O)c3ccc(F)cc3)c3ccccc3)C2)c1. The minimum atomic E-state index is -3.67. The molecule has 1 atom stereocenters. The van der Waals surface area contributed by atoms with Crippen molar-refractivity contribution in [3.63, 3.8) is 0 Å². The van der Waals surface area contributed by atoms with Crippen LogP contribution in [0, 0.1) is 11.7 Å². The number of carbonyl (C=O) groups is 1. The second-order valence-corrected chi connectivity index (χ2v) is 9.21. The number of carbonyl (C=O) groups excluding carboxylic acids is 1. The number of amides is 1. The van der Waals surface area contributed by atoms with Gasteiger partial charge in [0.1, 0.15) is 5.82 Å². The monoisotopic (exact) mass is 428 g/mol. The van der Waals surface area contributed by atoms with E-state index in [1.807, 2.05) is 30.3 Å². The summed E-state index contributed by atoms with van der Waals surface area (Å²) >= 11 is 0. The molecule has 3 aromatic rings. The molecule has 0 radical (unpaired) electrons. The maximum Gasteiger partial charge on any atom is 0.262 e. The fraction of sp³-hybridized carbons (Fsp3) is 0.238. The molecule has 0 saturated carbocycles. The average molecular weight is 428 g/mol. The van der Waals surface area contributed by atoms with Crippen molar-refractivity contribution in [1.29, 1.82) is 0 Å². The van der Waals surface area contributed by atoms with E-state index in [1.54, 1.807) is 11.6 Å². The van der Waals surface area contributed by atoms with Crippen LogP contribution in [0.3, 0.4) is 0 Å². The number of hydrogen-bond donors (Lipinski definition) is 1. The molecule has 2 aromatic carbocycles. The molecule has 1 aliphatic rings. The predicted octanol–water partition coefficient (Wildman–Crippen LogP) is 2.35. The third-order valence-electron chi connectivity index (χ3n) is 5.18. The standard InChI is InChI=1S/C21H21FN4O3S/c1-25-13-19(23-14-25)30(28,29)26-11-17(12-26)20(15-5-3-2-4-6-15)24-21(27)16-7-9-18(22)10-8-16/h2-10,13-14,17,20H,11-12H2,1H3,(H,24,27). The Kier molecular flexibility index (Phi) is 5.40. The van der Waals surface area contributed by atoms with Crippen LogP contribution in [0.25, 0.3) is 0 Å². The number of halogens is 1. The van der Waals surface area contributed by atoms with Crippen molar-refractivity contribution in [2.24, 2.45) is 13.0 Å². The normalized spacial score (nSPS) is 16.1. The minimum Gasteiger partial charge on any atom is -0.345 e. The minimum absolute atomic E-state index is 0.00931. The maximum absolute atomic E-state index is 13.2. The van der Waals surface area contributed by atoms with Crippen LogP contribution in [0.5, 0.6) is 0 Å². The van der Waals surface area contributed by atoms with Gasteiger partial charge < -0.3 is 9.88 Å². The van der Waals surface area contributed by atoms with Gasteiger partial charge in [0.15, 0.2) is 5.03 Å². The Morgan fingerprint density at radius 1 is 1.13 bits per heavy atom. The summed E-state index contributed by atoms with van der Waals surface area (Å²) in [4.78, 5) is 16.7. The van der Waals surface area contributed by atoms with Crippen LogP contribution in [0.4, 0.5) is 4.39 Å². The van der Waals surface area contributed by atoms with Crippen molar-refractivity contribution in [3.05, 3.63) is 84.1 Å². The zero-order chi connectivity index (χ0) is 21.3. The van der Waals surface area contributed by atoms with Gasteiger partial charge in [-0.25, -0.2) is 17.8 Å². The van der Waals surface area contributed by atoms with Crippen LogP contribution >= 0.6 is 0 Å². The van der Waals surface area contributed by atoms with E-state index in [1.165, 1.54) is 41.1 Å². The molecule has 1 aromatic heterocycles. The Labute approximate surface area is 174 Å². The fourth-order valence-electron chi connectivity index (χ4n) is 3.49. The maximum atomic E-state index is 13.2. The summed E-state index contributed by atoms with van der Waals surface area (Å²) < 4.78 is 41.6. The third kappa shape index (κ3) is 3.99. The summed E-state index contributed by atoms with van der Waals surface area (Å²) in [5.74, 6) is -0.856. The zero-order valence-corrected chi connectivity index (χ0v) is 17.1. The van der Waals surface area contributed by atoms with Gasteiger partial charge in [-0.2, -0.15) is 4.31 Å². The van der Waals surface area contributed by atoms with E-state index in [0.717, 1.165) is 5.56 Å². The van der Waals surface area contributed by atoms with E-state index in [9.17, 15) is 17.6 Å². The molecule has 1 aliphatic heterocycles. The van der Waals surface area contributed by atoms with Crippen LogP contribution in [0.15, 0.2) is 72.1 Å². The van der Waals surface area contributed by atoms with E-state index in [4.69, 9.17) is 0 Å². The van der Waals surface area contributed by atoms with Gasteiger partial charge in [0.25, 0.3) is 15.9 Å².